The van der Waals surface area contributed by atoms with Crippen LogP contribution < -0.4 is 5.32 Å². The number of nitrogens with one attached hydrogen (secondary N) is 2. The molecular formula is C6H8F3N3. The van der Waals surface area contributed by atoms with Crippen molar-refractivity contribution < 1.29 is 13.2 Å². The topological polar surface area (TPSA) is 40.7 Å². The summed E-state index contributed by atoms with van der Waals surface area (Å²) in [7, 11) is 0. The van der Waals surface area contributed by atoms with Gasteiger partial charge in [-0.15, -0.1) is 0 Å². The minimum atomic E-state index is -4.21. The molecule has 0 aliphatic heterocycles. The summed E-state index contributed by atoms with van der Waals surface area (Å²) in [6, 6.07) is 0. The van der Waals surface area contributed by atoms with Crippen LogP contribution in [0.4, 0.5) is 19.1 Å². The SMILES string of the molecule is Cc1cnc(NCC(F)(F)F)[nH]1. The predicted octanol–water partition coefficient (Wildman–Crippen LogP) is 1.69. The number of halogens is 3. The number of anilines is 1. The highest BCUT2D eigenvalue weighted by Gasteiger charge is 2.26. The Kier molecular flexibility index (Phi) is 2.25. The van der Waals surface area contributed by atoms with Crippen molar-refractivity contribution in [3.05, 3.63) is 11.9 Å². The molecule has 0 radical (unpaired) electrons. The van der Waals surface area contributed by atoms with Crippen LogP contribution in [0, 0.1) is 6.92 Å². The van der Waals surface area contributed by atoms with Gasteiger partial charge in [-0.2, -0.15) is 13.2 Å². The number of aromatic amines is 1. The molecule has 0 saturated heterocycles. The van der Waals surface area contributed by atoms with E-state index in [0.717, 1.165) is 5.69 Å². The molecule has 12 heavy (non-hydrogen) atoms. The molecular weight excluding hydrogens is 171 g/mol. The first-order valence-corrected chi connectivity index (χ1v) is 3.29. The van der Waals surface area contributed by atoms with Crippen molar-refractivity contribution in [2.75, 3.05) is 11.9 Å². The summed E-state index contributed by atoms with van der Waals surface area (Å²) in [6.45, 7) is 0.645. The van der Waals surface area contributed by atoms with E-state index in [1.807, 2.05) is 0 Å². The molecule has 0 bridgehead atoms. The van der Waals surface area contributed by atoms with E-state index >= 15 is 0 Å². The van der Waals surface area contributed by atoms with Crippen LogP contribution in [0.25, 0.3) is 0 Å². The lowest BCUT2D eigenvalue weighted by Crippen LogP contribution is -2.21. The van der Waals surface area contributed by atoms with Gasteiger partial charge in [0.1, 0.15) is 6.54 Å². The zero-order valence-corrected chi connectivity index (χ0v) is 6.37. The molecule has 2 N–H and O–H groups in total. The molecule has 0 unspecified atom stereocenters. The van der Waals surface area contributed by atoms with Gasteiger partial charge in [-0.05, 0) is 6.92 Å². The van der Waals surface area contributed by atoms with Crippen molar-refractivity contribution in [2.24, 2.45) is 0 Å². The Labute approximate surface area is 67.0 Å². The first-order valence-electron chi connectivity index (χ1n) is 3.29. The van der Waals surface area contributed by atoms with Crippen LogP contribution in [0.15, 0.2) is 6.20 Å². The van der Waals surface area contributed by atoms with Gasteiger partial charge in [0.15, 0.2) is 0 Å². The molecule has 0 spiro atoms. The molecule has 68 valence electrons. The number of imidazole rings is 1. The van der Waals surface area contributed by atoms with E-state index in [1.165, 1.54) is 6.20 Å². The van der Waals surface area contributed by atoms with E-state index in [9.17, 15) is 13.2 Å². The Morgan fingerprint density at radius 1 is 1.58 bits per heavy atom. The molecule has 0 atom stereocenters. The third-order valence-electron chi connectivity index (χ3n) is 1.16. The summed E-state index contributed by atoms with van der Waals surface area (Å²) in [4.78, 5) is 6.28. The van der Waals surface area contributed by atoms with Crippen molar-refractivity contribution in [1.29, 1.82) is 0 Å². The number of hydrogen-bond acceptors (Lipinski definition) is 2. The fourth-order valence-corrected chi connectivity index (χ4v) is 0.686. The highest BCUT2D eigenvalue weighted by molar-refractivity contribution is 5.25. The molecule has 1 rings (SSSR count). The Morgan fingerprint density at radius 2 is 2.25 bits per heavy atom. The van der Waals surface area contributed by atoms with Gasteiger partial charge in [-0.25, -0.2) is 4.98 Å². The fraction of sp³-hybridized carbons (Fsp3) is 0.500. The molecule has 0 aromatic carbocycles. The molecule has 0 aliphatic carbocycles. The van der Waals surface area contributed by atoms with E-state index in [-0.39, 0.29) is 5.95 Å². The average molecular weight is 179 g/mol. The van der Waals surface area contributed by atoms with Crippen molar-refractivity contribution >= 4 is 5.95 Å². The van der Waals surface area contributed by atoms with Gasteiger partial charge in [-0.3, -0.25) is 0 Å². The quantitative estimate of drug-likeness (QED) is 0.725. The smallest absolute Gasteiger partial charge is 0.347 e. The Hall–Kier alpha value is -1.20. The summed E-state index contributed by atoms with van der Waals surface area (Å²) < 4.78 is 34.9. The van der Waals surface area contributed by atoms with Gasteiger partial charge in [0.05, 0.1) is 0 Å². The number of nitrogens with zero attached hydrogens (tertiary/aromatic N) is 1. The van der Waals surface area contributed by atoms with Crippen LogP contribution in [-0.4, -0.2) is 22.7 Å². The summed E-state index contributed by atoms with van der Waals surface area (Å²) in [5.74, 6) is 0.143. The molecule has 1 heterocycles. The van der Waals surface area contributed by atoms with Crippen molar-refractivity contribution in [1.82, 2.24) is 9.97 Å². The Morgan fingerprint density at radius 3 is 2.67 bits per heavy atom. The summed E-state index contributed by atoms with van der Waals surface area (Å²) in [5, 5.41) is 2.11. The van der Waals surface area contributed by atoms with Gasteiger partial charge in [0.25, 0.3) is 0 Å². The van der Waals surface area contributed by atoms with Crippen LogP contribution in [0.5, 0.6) is 0 Å². The first kappa shape index (κ1) is 8.89. The van der Waals surface area contributed by atoms with E-state index in [0.29, 0.717) is 0 Å². The van der Waals surface area contributed by atoms with E-state index in [4.69, 9.17) is 0 Å². The maximum atomic E-state index is 11.6. The fourth-order valence-electron chi connectivity index (χ4n) is 0.686. The van der Waals surface area contributed by atoms with Gasteiger partial charge in [0.2, 0.25) is 5.95 Å². The summed E-state index contributed by atoms with van der Waals surface area (Å²) in [6.07, 6.45) is -2.75. The second-order valence-corrected chi connectivity index (χ2v) is 2.38. The first-order chi connectivity index (χ1) is 5.47. The molecule has 3 nitrogen and oxygen atoms in total. The molecule has 0 amide bonds. The number of rotatable bonds is 2. The zero-order chi connectivity index (χ0) is 9.19. The normalized spacial score (nSPS) is 11.7. The van der Waals surface area contributed by atoms with Crippen LogP contribution in [-0.2, 0) is 0 Å². The molecule has 1 aromatic heterocycles. The number of H-pyrrole nitrogens is 1. The number of aromatic nitrogens is 2. The maximum absolute atomic E-state index is 11.6. The second-order valence-electron chi connectivity index (χ2n) is 2.38. The van der Waals surface area contributed by atoms with Gasteiger partial charge in [0, 0.05) is 11.9 Å². The molecule has 0 aliphatic rings. The van der Waals surface area contributed by atoms with Crippen LogP contribution in [0.1, 0.15) is 5.69 Å². The van der Waals surface area contributed by atoms with E-state index in [1.54, 1.807) is 6.92 Å². The van der Waals surface area contributed by atoms with Gasteiger partial charge >= 0.3 is 6.18 Å². The highest BCUT2D eigenvalue weighted by Crippen LogP contribution is 2.14. The summed E-state index contributed by atoms with van der Waals surface area (Å²) >= 11 is 0. The molecule has 6 heteroatoms. The van der Waals surface area contributed by atoms with Gasteiger partial charge < -0.3 is 10.3 Å². The van der Waals surface area contributed by atoms with Crippen molar-refractivity contribution in [3.63, 3.8) is 0 Å². The molecule has 0 fully saturated rings. The van der Waals surface area contributed by atoms with Crippen LogP contribution in [0.2, 0.25) is 0 Å². The third kappa shape index (κ3) is 2.81. The monoisotopic (exact) mass is 179 g/mol. The lowest BCUT2D eigenvalue weighted by molar-refractivity contribution is -0.115. The average Bonchev–Trinajstić information content (AvgIpc) is 2.30. The second kappa shape index (κ2) is 3.04. The van der Waals surface area contributed by atoms with Crippen molar-refractivity contribution in [3.8, 4) is 0 Å². The minimum absolute atomic E-state index is 0.143. The lowest BCUT2D eigenvalue weighted by Gasteiger charge is -2.05. The van der Waals surface area contributed by atoms with Crippen LogP contribution >= 0.6 is 0 Å². The number of alkyl halides is 3. The highest BCUT2D eigenvalue weighted by atomic mass is 19.4. The third-order valence-corrected chi connectivity index (χ3v) is 1.16. The standard InChI is InChI=1S/C6H8F3N3/c1-4-2-10-5(12-4)11-3-6(7,8)9/h2H,3H2,1H3,(H2,10,11,12). The largest absolute Gasteiger partial charge is 0.405 e. The van der Waals surface area contributed by atoms with E-state index in [2.05, 4.69) is 15.3 Å². The number of hydrogen-bond donors (Lipinski definition) is 2. The van der Waals surface area contributed by atoms with Crippen molar-refractivity contribution in [2.45, 2.75) is 13.1 Å². The Balaban J connectivity index is 2.44. The zero-order valence-electron chi connectivity index (χ0n) is 6.37. The molecule has 1 aromatic rings. The van der Waals surface area contributed by atoms with Crippen LogP contribution in [0.3, 0.4) is 0 Å². The maximum Gasteiger partial charge on any atom is 0.405 e. The van der Waals surface area contributed by atoms with E-state index < -0.39 is 12.7 Å². The molecule has 0 saturated carbocycles. The Bertz CT molecular complexity index is 253. The number of aryl methyl sites for hydroxylation is 1. The predicted molar refractivity (Wildman–Crippen MR) is 37.9 cm³/mol. The van der Waals surface area contributed by atoms with Gasteiger partial charge in [-0.1, -0.05) is 0 Å². The minimum Gasteiger partial charge on any atom is -0.347 e. The lowest BCUT2D eigenvalue weighted by atomic mass is 10.6. The summed E-state index contributed by atoms with van der Waals surface area (Å²) in [5.41, 5.74) is 0.722.